The van der Waals surface area contributed by atoms with Gasteiger partial charge in [-0.25, -0.2) is 23.1 Å². The summed E-state index contributed by atoms with van der Waals surface area (Å²) in [6.07, 6.45) is 4.10. The first-order valence-electron chi connectivity index (χ1n) is 6.43. The molecule has 106 valence electrons. The minimum Gasteiger partial charge on any atom is -0.339 e. The van der Waals surface area contributed by atoms with Gasteiger partial charge >= 0.3 is 0 Å². The van der Waals surface area contributed by atoms with E-state index >= 15 is 0 Å². The van der Waals surface area contributed by atoms with Crippen molar-refractivity contribution in [2.45, 2.75) is 38.5 Å². The quantitative estimate of drug-likeness (QED) is 0.880. The van der Waals surface area contributed by atoms with Gasteiger partial charge in [0.1, 0.15) is 0 Å². The number of rotatable bonds is 4. The van der Waals surface area contributed by atoms with Crippen LogP contribution in [0.3, 0.4) is 0 Å². The smallest absolute Gasteiger partial charge is 0.225 e. The third-order valence-corrected chi connectivity index (χ3v) is 5.10. The lowest BCUT2D eigenvalue weighted by Gasteiger charge is -2.17. The Hall–Kier alpha value is -1.21. The Bertz CT molecular complexity index is 527. The Kier molecular flexibility index (Phi) is 4.05. The van der Waals surface area contributed by atoms with Crippen LogP contribution in [0.1, 0.15) is 25.8 Å². The maximum absolute atomic E-state index is 12.1. The molecular formula is C12H20N4O2S. The van der Waals surface area contributed by atoms with Crippen molar-refractivity contribution in [1.82, 2.24) is 14.7 Å². The van der Waals surface area contributed by atoms with Crippen molar-refractivity contribution in [3.8, 4) is 0 Å². The molecule has 2 heterocycles. The van der Waals surface area contributed by atoms with Gasteiger partial charge in [-0.15, -0.1) is 0 Å². The zero-order valence-corrected chi connectivity index (χ0v) is 12.3. The zero-order valence-electron chi connectivity index (χ0n) is 11.5. The van der Waals surface area contributed by atoms with Crippen LogP contribution in [0.5, 0.6) is 0 Å². The first-order valence-corrected chi connectivity index (χ1v) is 7.98. The van der Waals surface area contributed by atoms with Crippen molar-refractivity contribution in [2.24, 2.45) is 0 Å². The van der Waals surface area contributed by atoms with Gasteiger partial charge in [0.05, 0.1) is 5.25 Å². The van der Waals surface area contributed by atoms with Crippen molar-refractivity contribution in [1.29, 1.82) is 0 Å². The molecule has 1 saturated heterocycles. The van der Waals surface area contributed by atoms with Crippen LogP contribution in [-0.4, -0.2) is 42.8 Å². The Morgan fingerprint density at radius 1 is 1.37 bits per heavy atom. The fraction of sp³-hybridized carbons (Fsp3) is 0.667. The second kappa shape index (κ2) is 5.42. The third-order valence-electron chi connectivity index (χ3n) is 3.03. The molecule has 0 bridgehead atoms. The van der Waals surface area contributed by atoms with Crippen molar-refractivity contribution in [2.75, 3.05) is 18.0 Å². The molecule has 0 amide bonds. The molecule has 1 aliphatic heterocycles. The SMILES string of the molecule is Cc1cnc(N2CCC(S(=O)(=O)NC(C)C)C2)nc1. The molecule has 1 atom stereocenters. The number of nitrogens with zero attached hydrogens (tertiary/aromatic N) is 3. The van der Waals surface area contributed by atoms with E-state index < -0.39 is 10.0 Å². The number of aromatic nitrogens is 2. The molecular weight excluding hydrogens is 264 g/mol. The lowest BCUT2D eigenvalue weighted by atomic mass is 10.4. The molecule has 2 rings (SSSR count). The minimum absolute atomic E-state index is 0.0744. The number of aryl methyl sites for hydroxylation is 1. The van der Waals surface area contributed by atoms with E-state index in [4.69, 9.17) is 0 Å². The van der Waals surface area contributed by atoms with Crippen LogP contribution in [0.4, 0.5) is 5.95 Å². The lowest BCUT2D eigenvalue weighted by molar-refractivity contribution is 0.557. The van der Waals surface area contributed by atoms with Crippen molar-refractivity contribution in [3.63, 3.8) is 0 Å². The molecule has 1 aromatic heterocycles. The zero-order chi connectivity index (χ0) is 14.0. The van der Waals surface area contributed by atoms with Gasteiger partial charge in [0.15, 0.2) is 0 Å². The molecule has 1 N–H and O–H groups in total. The summed E-state index contributed by atoms with van der Waals surface area (Å²) in [7, 11) is -3.26. The molecule has 0 aromatic carbocycles. The molecule has 0 aliphatic carbocycles. The highest BCUT2D eigenvalue weighted by Gasteiger charge is 2.34. The number of hydrogen-bond donors (Lipinski definition) is 1. The molecule has 1 aliphatic rings. The molecule has 6 nitrogen and oxygen atoms in total. The number of hydrogen-bond acceptors (Lipinski definition) is 5. The summed E-state index contributed by atoms with van der Waals surface area (Å²) in [5, 5.41) is -0.389. The minimum atomic E-state index is -3.26. The molecule has 1 unspecified atom stereocenters. The Morgan fingerprint density at radius 3 is 2.58 bits per heavy atom. The third kappa shape index (κ3) is 3.42. The summed E-state index contributed by atoms with van der Waals surface area (Å²) in [5.41, 5.74) is 0.994. The van der Waals surface area contributed by atoms with E-state index in [1.54, 1.807) is 12.4 Å². The first kappa shape index (κ1) is 14.2. The van der Waals surface area contributed by atoms with Gasteiger partial charge < -0.3 is 4.90 Å². The van der Waals surface area contributed by atoms with Crippen LogP contribution < -0.4 is 9.62 Å². The average molecular weight is 284 g/mol. The summed E-state index contributed by atoms with van der Waals surface area (Å²) < 4.78 is 26.8. The molecule has 0 saturated carbocycles. The maximum atomic E-state index is 12.1. The second-order valence-electron chi connectivity index (χ2n) is 5.23. The molecule has 19 heavy (non-hydrogen) atoms. The topological polar surface area (TPSA) is 75.2 Å². The number of nitrogens with one attached hydrogen (secondary N) is 1. The highest BCUT2D eigenvalue weighted by atomic mass is 32.2. The number of anilines is 1. The van der Waals surface area contributed by atoms with Gasteiger partial charge in [-0.05, 0) is 32.8 Å². The first-order chi connectivity index (χ1) is 8.88. The van der Waals surface area contributed by atoms with Crippen molar-refractivity contribution < 1.29 is 8.42 Å². The number of sulfonamides is 1. The standard InChI is InChI=1S/C12H20N4O2S/c1-9(2)15-19(17,18)11-4-5-16(8-11)12-13-6-10(3)7-14-12/h6-7,9,11,15H,4-5,8H2,1-3H3. The van der Waals surface area contributed by atoms with Gasteiger partial charge in [-0.2, -0.15) is 0 Å². The van der Waals surface area contributed by atoms with Crippen LogP contribution in [0.15, 0.2) is 12.4 Å². The van der Waals surface area contributed by atoms with Gasteiger partial charge in [0.25, 0.3) is 0 Å². The highest BCUT2D eigenvalue weighted by Crippen LogP contribution is 2.20. The predicted molar refractivity (Wildman–Crippen MR) is 74.6 cm³/mol. The maximum Gasteiger partial charge on any atom is 0.225 e. The van der Waals surface area contributed by atoms with E-state index in [1.165, 1.54) is 0 Å². The Balaban J connectivity index is 2.06. The molecule has 0 spiro atoms. The van der Waals surface area contributed by atoms with Gasteiger partial charge in [-0.1, -0.05) is 0 Å². The lowest BCUT2D eigenvalue weighted by Crippen LogP contribution is -2.39. The van der Waals surface area contributed by atoms with Gasteiger partial charge in [0, 0.05) is 31.5 Å². The Morgan fingerprint density at radius 2 is 2.00 bits per heavy atom. The summed E-state index contributed by atoms with van der Waals surface area (Å²) >= 11 is 0. The Labute approximate surface area is 114 Å². The van der Waals surface area contributed by atoms with Crippen molar-refractivity contribution in [3.05, 3.63) is 18.0 Å². The van der Waals surface area contributed by atoms with Crippen LogP contribution >= 0.6 is 0 Å². The van der Waals surface area contributed by atoms with E-state index in [1.807, 2.05) is 25.7 Å². The van der Waals surface area contributed by atoms with Crippen molar-refractivity contribution >= 4 is 16.0 Å². The molecule has 7 heteroatoms. The molecule has 0 radical (unpaired) electrons. The van der Waals surface area contributed by atoms with Gasteiger partial charge in [0.2, 0.25) is 16.0 Å². The van der Waals surface area contributed by atoms with Crippen LogP contribution in [0.25, 0.3) is 0 Å². The summed E-state index contributed by atoms with van der Waals surface area (Å²) in [5.74, 6) is 0.604. The molecule has 1 fully saturated rings. The average Bonchev–Trinajstić information content (AvgIpc) is 2.78. The molecule has 1 aromatic rings. The summed E-state index contributed by atoms with van der Waals surface area (Å²) in [6, 6.07) is -0.0744. The normalized spacial score (nSPS) is 20.2. The van der Waals surface area contributed by atoms with E-state index in [9.17, 15) is 8.42 Å². The van der Waals surface area contributed by atoms with Crippen LogP contribution in [-0.2, 0) is 10.0 Å². The predicted octanol–water partition coefficient (Wildman–Crippen LogP) is 0.692. The van der Waals surface area contributed by atoms with E-state index in [-0.39, 0.29) is 11.3 Å². The second-order valence-corrected chi connectivity index (χ2v) is 7.23. The van der Waals surface area contributed by atoms with E-state index in [0.717, 1.165) is 5.56 Å². The van der Waals surface area contributed by atoms with Gasteiger partial charge in [-0.3, -0.25) is 0 Å². The van der Waals surface area contributed by atoms with E-state index in [2.05, 4.69) is 14.7 Å². The van der Waals surface area contributed by atoms with E-state index in [0.29, 0.717) is 25.5 Å². The monoisotopic (exact) mass is 284 g/mol. The fourth-order valence-electron chi connectivity index (χ4n) is 2.14. The summed E-state index contributed by atoms with van der Waals surface area (Å²) in [4.78, 5) is 10.4. The largest absolute Gasteiger partial charge is 0.339 e. The van der Waals surface area contributed by atoms with Crippen LogP contribution in [0.2, 0.25) is 0 Å². The highest BCUT2D eigenvalue weighted by molar-refractivity contribution is 7.90. The van der Waals surface area contributed by atoms with Crippen LogP contribution in [0, 0.1) is 6.92 Å². The summed E-state index contributed by atoms with van der Waals surface area (Å²) in [6.45, 7) is 6.70. The fourth-order valence-corrected chi connectivity index (χ4v) is 3.78.